The number of nitrogens with zero attached hydrogens (tertiary/aromatic N) is 2. The van der Waals surface area contributed by atoms with E-state index in [-0.39, 0.29) is 29.8 Å². The molecule has 0 aliphatic heterocycles. The molecule has 0 aromatic carbocycles. The number of aromatic nitrogens is 1. The van der Waals surface area contributed by atoms with Crippen LogP contribution in [0.2, 0.25) is 0 Å². The Morgan fingerprint density at radius 2 is 2.06 bits per heavy atom. The number of hydrogen-bond acceptors (Lipinski definition) is 7. The monoisotopic (exact) mass is 478 g/mol. The molecule has 1 heterocycles. The maximum absolute atomic E-state index is 13.0. The molecule has 184 valence electrons. The molecule has 1 aromatic heterocycles. The quantitative estimate of drug-likeness (QED) is 0.287. The lowest BCUT2D eigenvalue weighted by Crippen LogP contribution is -2.45. The summed E-state index contributed by atoms with van der Waals surface area (Å²) in [5, 5.41) is 44.4. The fourth-order valence-corrected chi connectivity index (χ4v) is 4.51. The summed E-state index contributed by atoms with van der Waals surface area (Å²) >= 11 is 0. The molecule has 9 heteroatoms. The highest BCUT2D eigenvalue weighted by molar-refractivity contribution is 6.10. The number of amides is 1. The van der Waals surface area contributed by atoms with E-state index < -0.39 is 11.5 Å². The Hall–Kier alpha value is -3.64. The Morgan fingerprint density at radius 1 is 1.31 bits per heavy atom. The zero-order valence-corrected chi connectivity index (χ0v) is 19.9. The Bertz CT molecular complexity index is 1130. The zero-order chi connectivity index (χ0) is 25.0. The van der Waals surface area contributed by atoms with E-state index in [4.69, 9.17) is 15.4 Å². The SMILES string of the molecule is CCOC1=CC(=N)/C(=C\N[C@H]2CC[C@@](O)(CC#N)CC2)C=C1NC(=O)c1cccc(C2CC2)[n+]1O. The highest BCUT2D eigenvalue weighted by atomic mass is 16.5. The van der Waals surface area contributed by atoms with Crippen molar-refractivity contribution < 1.29 is 24.6 Å². The van der Waals surface area contributed by atoms with Gasteiger partial charge in [0.1, 0.15) is 5.76 Å². The second-order valence-corrected chi connectivity index (χ2v) is 9.39. The van der Waals surface area contributed by atoms with Crippen molar-refractivity contribution in [2.45, 2.75) is 69.4 Å². The van der Waals surface area contributed by atoms with Gasteiger partial charge < -0.3 is 25.9 Å². The van der Waals surface area contributed by atoms with E-state index in [2.05, 4.69) is 16.7 Å². The molecule has 3 aliphatic rings. The van der Waals surface area contributed by atoms with Crippen LogP contribution < -0.4 is 15.4 Å². The van der Waals surface area contributed by atoms with Crippen LogP contribution in [0.5, 0.6) is 0 Å². The number of carbonyl (C=O) groups excluding carboxylic acids is 1. The van der Waals surface area contributed by atoms with Crippen molar-refractivity contribution in [3.63, 3.8) is 0 Å². The number of nitriles is 1. The first-order chi connectivity index (χ1) is 16.8. The molecule has 0 saturated heterocycles. The van der Waals surface area contributed by atoms with Crippen LogP contribution in [-0.2, 0) is 4.74 Å². The molecule has 35 heavy (non-hydrogen) atoms. The Kier molecular flexibility index (Phi) is 7.22. The third kappa shape index (κ3) is 5.72. The molecule has 9 nitrogen and oxygen atoms in total. The molecule has 2 fully saturated rings. The minimum Gasteiger partial charge on any atom is -0.492 e. The molecular formula is C26H32N5O4+. The normalized spacial score (nSPS) is 25.3. The van der Waals surface area contributed by atoms with Gasteiger partial charge in [-0.05, 0) is 57.6 Å². The lowest BCUT2D eigenvalue weighted by molar-refractivity contribution is -0.910. The molecule has 2 saturated carbocycles. The molecule has 4 rings (SSSR count). The average Bonchev–Trinajstić information content (AvgIpc) is 3.67. The fourth-order valence-electron chi connectivity index (χ4n) is 4.51. The van der Waals surface area contributed by atoms with Gasteiger partial charge in [-0.1, -0.05) is 0 Å². The predicted octanol–water partition coefficient (Wildman–Crippen LogP) is 2.72. The van der Waals surface area contributed by atoms with Crippen LogP contribution in [0.4, 0.5) is 0 Å². The average molecular weight is 479 g/mol. The van der Waals surface area contributed by atoms with Crippen LogP contribution in [0, 0.1) is 16.7 Å². The Morgan fingerprint density at radius 3 is 2.71 bits per heavy atom. The van der Waals surface area contributed by atoms with Crippen molar-refractivity contribution in [1.82, 2.24) is 10.6 Å². The predicted molar refractivity (Wildman–Crippen MR) is 127 cm³/mol. The van der Waals surface area contributed by atoms with Crippen LogP contribution in [0.3, 0.4) is 0 Å². The molecule has 0 atom stereocenters. The summed E-state index contributed by atoms with van der Waals surface area (Å²) in [4.78, 5) is 13.0. The Balaban J connectivity index is 1.48. The maximum Gasteiger partial charge on any atom is 0.325 e. The van der Waals surface area contributed by atoms with E-state index >= 15 is 0 Å². The molecule has 3 aliphatic carbocycles. The van der Waals surface area contributed by atoms with Gasteiger partial charge in [0.05, 0.1) is 36.1 Å². The number of aliphatic hydroxyl groups is 1. The molecule has 0 unspecified atom stereocenters. The van der Waals surface area contributed by atoms with Crippen molar-refractivity contribution in [1.29, 1.82) is 10.7 Å². The first kappa shape index (κ1) is 24.5. The summed E-state index contributed by atoms with van der Waals surface area (Å²) in [5.41, 5.74) is 1.16. The minimum absolute atomic E-state index is 0.122. The smallest absolute Gasteiger partial charge is 0.325 e. The van der Waals surface area contributed by atoms with E-state index in [0.717, 1.165) is 36.1 Å². The van der Waals surface area contributed by atoms with E-state index in [1.165, 1.54) is 0 Å². The van der Waals surface area contributed by atoms with Crippen molar-refractivity contribution in [2.24, 2.45) is 0 Å². The van der Waals surface area contributed by atoms with E-state index in [1.54, 1.807) is 30.5 Å². The number of allylic oxidation sites excluding steroid dienone is 3. The van der Waals surface area contributed by atoms with Crippen molar-refractivity contribution in [3.05, 3.63) is 65.0 Å². The lowest BCUT2D eigenvalue weighted by Gasteiger charge is -2.34. The topological polar surface area (TPSA) is 142 Å². The first-order valence-corrected chi connectivity index (χ1v) is 12.1. The number of ether oxygens (including phenoxy) is 1. The number of nitrogens with one attached hydrogen (secondary N) is 3. The van der Waals surface area contributed by atoms with E-state index in [0.29, 0.717) is 36.5 Å². The van der Waals surface area contributed by atoms with Gasteiger partial charge in [-0.25, -0.2) is 0 Å². The van der Waals surface area contributed by atoms with E-state index in [1.807, 2.05) is 13.0 Å². The van der Waals surface area contributed by atoms with Crippen LogP contribution in [0.25, 0.3) is 0 Å². The van der Waals surface area contributed by atoms with Gasteiger partial charge >= 0.3 is 11.6 Å². The standard InChI is InChI=1S/C26H31N5O4/c1-2-35-24-15-20(28)18(16-29-19-8-10-26(33,11-9-19)12-13-27)14-21(24)30-25(32)23-5-3-4-22(31(23)34)17-6-7-17/h3-5,14-17,19,28,32-34H,2,6-12H2,1H3/p+1/t19-,26-. The Labute approximate surface area is 204 Å². The van der Waals surface area contributed by atoms with Gasteiger partial charge in [0, 0.05) is 46.7 Å². The summed E-state index contributed by atoms with van der Waals surface area (Å²) in [6.07, 6.45) is 9.65. The molecule has 1 amide bonds. The summed E-state index contributed by atoms with van der Waals surface area (Å²) < 4.78 is 6.62. The molecule has 0 bridgehead atoms. The summed E-state index contributed by atoms with van der Waals surface area (Å²) in [6, 6.07) is 7.32. The van der Waals surface area contributed by atoms with Crippen LogP contribution in [0.15, 0.2) is 53.6 Å². The number of pyridine rings is 1. The lowest BCUT2D eigenvalue weighted by atomic mass is 9.80. The van der Waals surface area contributed by atoms with Gasteiger partial charge in [0.2, 0.25) is 5.69 Å². The highest BCUT2D eigenvalue weighted by Crippen LogP contribution is 2.38. The number of carbonyl (C=O) groups is 1. The van der Waals surface area contributed by atoms with Crippen LogP contribution >= 0.6 is 0 Å². The third-order valence-corrected chi connectivity index (χ3v) is 6.72. The zero-order valence-electron chi connectivity index (χ0n) is 19.9. The number of rotatable bonds is 8. The minimum atomic E-state index is -0.912. The highest BCUT2D eigenvalue weighted by Gasteiger charge is 2.36. The summed E-state index contributed by atoms with van der Waals surface area (Å²) in [6.45, 7) is 2.20. The molecule has 5 N–H and O–H groups in total. The molecule has 0 radical (unpaired) electrons. The fraction of sp³-hybridized carbons (Fsp3) is 0.462. The van der Waals surface area contributed by atoms with Gasteiger partial charge in [0.15, 0.2) is 0 Å². The third-order valence-electron chi connectivity index (χ3n) is 6.72. The first-order valence-electron chi connectivity index (χ1n) is 12.1. The van der Waals surface area contributed by atoms with Crippen LogP contribution in [-0.4, -0.2) is 40.2 Å². The number of hydrogen-bond donors (Lipinski definition) is 5. The van der Waals surface area contributed by atoms with Crippen molar-refractivity contribution in [3.8, 4) is 6.07 Å². The van der Waals surface area contributed by atoms with Crippen molar-refractivity contribution >= 4 is 11.6 Å². The van der Waals surface area contributed by atoms with Gasteiger partial charge in [-0.3, -0.25) is 10.0 Å². The second kappa shape index (κ2) is 10.3. The van der Waals surface area contributed by atoms with Crippen molar-refractivity contribution in [2.75, 3.05) is 6.61 Å². The van der Waals surface area contributed by atoms with Gasteiger partial charge in [-0.15, -0.1) is 0 Å². The molecular weight excluding hydrogens is 446 g/mol. The largest absolute Gasteiger partial charge is 0.492 e. The summed E-state index contributed by atoms with van der Waals surface area (Å²) in [5.74, 6) is 0.180. The van der Waals surface area contributed by atoms with E-state index in [9.17, 15) is 15.1 Å². The van der Waals surface area contributed by atoms with Crippen LogP contribution in [0.1, 0.15) is 74.0 Å². The molecule has 1 aromatic rings. The van der Waals surface area contributed by atoms with Gasteiger partial charge in [0.25, 0.3) is 0 Å². The summed E-state index contributed by atoms with van der Waals surface area (Å²) in [7, 11) is 0. The second-order valence-electron chi connectivity index (χ2n) is 9.39. The maximum atomic E-state index is 13.0. The van der Waals surface area contributed by atoms with Gasteiger partial charge in [-0.2, -0.15) is 5.26 Å². The molecule has 0 spiro atoms.